The zero-order valence-corrected chi connectivity index (χ0v) is 14.6. The van der Waals surface area contributed by atoms with E-state index in [1.165, 1.54) is 6.20 Å². The molecule has 0 aliphatic heterocycles. The van der Waals surface area contributed by atoms with Crippen molar-refractivity contribution in [3.05, 3.63) is 52.7 Å². The van der Waals surface area contributed by atoms with Gasteiger partial charge in [-0.25, -0.2) is 4.98 Å². The van der Waals surface area contributed by atoms with Crippen LogP contribution in [0.5, 0.6) is 11.6 Å². The topological polar surface area (TPSA) is 89.5 Å². The van der Waals surface area contributed by atoms with Gasteiger partial charge in [-0.05, 0) is 49.7 Å². The van der Waals surface area contributed by atoms with E-state index in [1.807, 2.05) is 6.92 Å². The molecule has 0 saturated heterocycles. The molecule has 0 atom stereocenters. The van der Waals surface area contributed by atoms with Crippen molar-refractivity contribution < 1.29 is 19.1 Å². The van der Waals surface area contributed by atoms with Crippen molar-refractivity contribution in [3.8, 4) is 11.6 Å². The van der Waals surface area contributed by atoms with Crippen molar-refractivity contribution in [2.75, 3.05) is 13.2 Å². The molecule has 0 aliphatic carbocycles. The molecule has 2 rings (SSSR count). The molecule has 0 aliphatic rings. The number of ether oxygens (including phenoxy) is 2. The van der Waals surface area contributed by atoms with Crippen LogP contribution in [0.25, 0.3) is 0 Å². The highest BCUT2D eigenvalue weighted by molar-refractivity contribution is 6.30. The highest BCUT2D eigenvalue weighted by Gasteiger charge is 2.14. The lowest BCUT2D eigenvalue weighted by atomic mass is 10.2. The highest BCUT2D eigenvalue weighted by Crippen LogP contribution is 2.21. The quantitative estimate of drug-likeness (QED) is 0.768. The number of hydrogen-bond acceptors (Lipinski definition) is 5. The van der Waals surface area contributed by atoms with E-state index in [1.54, 1.807) is 37.3 Å². The molecular weight excluding hydrogens is 346 g/mol. The van der Waals surface area contributed by atoms with Gasteiger partial charge in [0.1, 0.15) is 11.3 Å². The third kappa shape index (κ3) is 5.36. The fourth-order valence-electron chi connectivity index (χ4n) is 1.96. The molecule has 0 bridgehead atoms. The Morgan fingerprint density at radius 1 is 1.20 bits per heavy atom. The summed E-state index contributed by atoms with van der Waals surface area (Å²) in [5.41, 5.74) is 5.60. The molecule has 25 heavy (non-hydrogen) atoms. The summed E-state index contributed by atoms with van der Waals surface area (Å²) in [4.78, 5) is 27.9. The number of hydrogen-bond donors (Lipinski definition) is 2. The molecule has 0 fully saturated rings. The number of benzene rings is 1. The monoisotopic (exact) mass is 363 g/mol. The first-order valence-corrected chi connectivity index (χ1v) is 7.95. The molecule has 2 N–H and O–H groups in total. The molecule has 2 amide bonds. The van der Waals surface area contributed by atoms with Gasteiger partial charge in [-0.3, -0.25) is 20.4 Å². The summed E-state index contributed by atoms with van der Waals surface area (Å²) in [5.74, 6) is -0.307. The van der Waals surface area contributed by atoms with Crippen molar-refractivity contribution in [1.82, 2.24) is 15.8 Å². The number of carbonyl (C=O) groups excluding carboxylic acids is 2. The van der Waals surface area contributed by atoms with Gasteiger partial charge in [0.05, 0.1) is 6.61 Å². The van der Waals surface area contributed by atoms with Crippen LogP contribution in [0.4, 0.5) is 0 Å². The predicted octanol–water partition coefficient (Wildman–Crippen LogP) is 2.28. The van der Waals surface area contributed by atoms with Crippen LogP contribution >= 0.6 is 11.6 Å². The Kier molecular flexibility index (Phi) is 6.59. The lowest BCUT2D eigenvalue weighted by Gasteiger charge is -2.11. The summed E-state index contributed by atoms with van der Waals surface area (Å²) in [6, 6.07) is 8.22. The number of aryl methyl sites for hydroxylation is 1. The Balaban J connectivity index is 1.86. The second-order valence-corrected chi connectivity index (χ2v) is 5.43. The lowest BCUT2D eigenvalue weighted by molar-refractivity contribution is -0.123. The number of nitrogens with zero attached hydrogens (tertiary/aromatic N) is 1. The first-order chi connectivity index (χ1) is 12.0. The molecule has 1 aromatic heterocycles. The number of hydrazine groups is 1. The minimum atomic E-state index is -0.535. The number of rotatable bonds is 6. The Hall–Kier alpha value is -2.80. The minimum Gasteiger partial charge on any atom is -0.483 e. The second-order valence-electron chi connectivity index (χ2n) is 4.99. The Morgan fingerprint density at radius 2 is 2.00 bits per heavy atom. The van der Waals surface area contributed by atoms with E-state index in [0.717, 1.165) is 5.56 Å². The van der Waals surface area contributed by atoms with Gasteiger partial charge < -0.3 is 9.47 Å². The van der Waals surface area contributed by atoms with Crippen molar-refractivity contribution in [2.45, 2.75) is 13.8 Å². The van der Waals surface area contributed by atoms with Gasteiger partial charge in [-0.2, -0.15) is 0 Å². The number of amides is 2. The van der Waals surface area contributed by atoms with Gasteiger partial charge in [-0.1, -0.05) is 11.6 Å². The molecule has 0 unspecified atom stereocenters. The SMILES string of the molecule is CCOc1ncccc1C(=O)NNC(=O)COc1ccc(Cl)cc1C. The molecular formula is C17H18ClN3O4. The predicted molar refractivity (Wildman–Crippen MR) is 92.7 cm³/mol. The zero-order chi connectivity index (χ0) is 18.2. The largest absolute Gasteiger partial charge is 0.483 e. The summed E-state index contributed by atoms with van der Waals surface area (Å²) in [5, 5.41) is 0.586. The summed E-state index contributed by atoms with van der Waals surface area (Å²) >= 11 is 5.86. The maximum atomic E-state index is 12.1. The average Bonchev–Trinajstić information content (AvgIpc) is 2.59. The normalized spacial score (nSPS) is 10.0. The summed E-state index contributed by atoms with van der Waals surface area (Å²) in [7, 11) is 0. The van der Waals surface area contributed by atoms with Gasteiger partial charge >= 0.3 is 0 Å². The number of carbonyl (C=O) groups is 2. The minimum absolute atomic E-state index is 0.199. The number of nitrogens with one attached hydrogen (secondary N) is 2. The van der Waals surface area contributed by atoms with Crippen LogP contribution in [0, 0.1) is 6.92 Å². The van der Waals surface area contributed by atoms with E-state index >= 15 is 0 Å². The number of halogens is 1. The van der Waals surface area contributed by atoms with E-state index in [2.05, 4.69) is 15.8 Å². The molecule has 1 heterocycles. The van der Waals surface area contributed by atoms with Gasteiger partial charge in [0.15, 0.2) is 6.61 Å². The van der Waals surface area contributed by atoms with Crippen LogP contribution in [0.15, 0.2) is 36.5 Å². The van der Waals surface area contributed by atoms with Crippen molar-refractivity contribution >= 4 is 23.4 Å². The van der Waals surface area contributed by atoms with Crippen LogP contribution in [0.2, 0.25) is 5.02 Å². The van der Waals surface area contributed by atoms with E-state index in [4.69, 9.17) is 21.1 Å². The fourth-order valence-corrected chi connectivity index (χ4v) is 2.19. The molecule has 1 aromatic carbocycles. The smallest absolute Gasteiger partial charge is 0.276 e. The van der Waals surface area contributed by atoms with E-state index in [-0.39, 0.29) is 18.1 Å². The summed E-state index contributed by atoms with van der Waals surface area (Å²) in [6.45, 7) is 3.72. The van der Waals surface area contributed by atoms with E-state index < -0.39 is 11.8 Å². The molecule has 0 spiro atoms. The third-order valence-corrected chi connectivity index (χ3v) is 3.34. The van der Waals surface area contributed by atoms with Crippen LogP contribution in [0.3, 0.4) is 0 Å². The highest BCUT2D eigenvalue weighted by atomic mass is 35.5. The summed E-state index contributed by atoms with van der Waals surface area (Å²) in [6.07, 6.45) is 1.52. The van der Waals surface area contributed by atoms with Crippen LogP contribution in [-0.4, -0.2) is 30.0 Å². The van der Waals surface area contributed by atoms with E-state index in [0.29, 0.717) is 17.4 Å². The van der Waals surface area contributed by atoms with Gasteiger partial charge in [0.2, 0.25) is 5.88 Å². The number of pyridine rings is 1. The molecule has 7 nitrogen and oxygen atoms in total. The van der Waals surface area contributed by atoms with Gasteiger partial charge in [0.25, 0.3) is 11.8 Å². The standard InChI is InChI=1S/C17H18ClN3O4/c1-3-24-17-13(5-4-8-19-17)16(23)21-20-15(22)10-25-14-7-6-12(18)9-11(14)2/h4-9H,3,10H2,1-2H3,(H,20,22)(H,21,23). The van der Waals surface area contributed by atoms with Gasteiger partial charge in [0, 0.05) is 11.2 Å². The second kappa shape index (κ2) is 8.89. The molecule has 0 radical (unpaired) electrons. The zero-order valence-electron chi connectivity index (χ0n) is 13.8. The van der Waals surface area contributed by atoms with Gasteiger partial charge in [-0.15, -0.1) is 0 Å². The third-order valence-electron chi connectivity index (χ3n) is 3.11. The Bertz CT molecular complexity index is 767. The maximum Gasteiger partial charge on any atom is 0.276 e. The van der Waals surface area contributed by atoms with Crippen LogP contribution in [-0.2, 0) is 4.79 Å². The maximum absolute atomic E-state index is 12.1. The average molecular weight is 364 g/mol. The van der Waals surface area contributed by atoms with Crippen LogP contribution in [0.1, 0.15) is 22.8 Å². The molecule has 8 heteroatoms. The van der Waals surface area contributed by atoms with Crippen LogP contribution < -0.4 is 20.3 Å². The summed E-state index contributed by atoms with van der Waals surface area (Å²) < 4.78 is 10.7. The lowest BCUT2D eigenvalue weighted by Crippen LogP contribution is -2.44. The fraction of sp³-hybridized carbons (Fsp3) is 0.235. The Labute approximate surface area is 150 Å². The van der Waals surface area contributed by atoms with Crippen molar-refractivity contribution in [2.24, 2.45) is 0 Å². The number of aromatic nitrogens is 1. The first kappa shape index (κ1) is 18.5. The van der Waals surface area contributed by atoms with Crippen molar-refractivity contribution in [1.29, 1.82) is 0 Å². The Morgan fingerprint density at radius 3 is 2.72 bits per heavy atom. The van der Waals surface area contributed by atoms with Crippen molar-refractivity contribution in [3.63, 3.8) is 0 Å². The van der Waals surface area contributed by atoms with E-state index in [9.17, 15) is 9.59 Å². The first-order valence-electron chi connectivity index (χ1n) is 7.57. The molecule has 0 saturated carbocycles. The molecule has 132 valence electrons. The molecule has 2 aromatic rings.